The Labute approximate surface area is 87.4 Å². The third-order valence-electron chi connectivity index (χ3n) is 4.00. The van der Waals surface area contributed by atoms with Crippen LogP contribution >= 0.6 is 0 Å². The summed E-state index contributed by atoms with van der Waals surface area (Å²) in [6, 6.07) is 1.40. The quantitative estimate of drug-likeness (QED) is 0.732. The first-order valence-electron chi connectivity index (χ1n) is 6.09. The minimum atomic E-state index is 0.639. The van der Waals surface area contributed by atoms with Crippen molar-refractivity contribution in [3.63, 3.8) is 0 Å². The van der Waals surface area contributed by atoms with Crippen LogP contribution in [0.4, 0.5) is 0 Å². The van der Waals surface area contributed by atoms with Gasteiger partial charge in [0.25, 0.3) is 0 Å². The molecule has 4 atom stereocenters. The van der Waals surface area contributed by atoms with E-state index in [0.29, 0.717) is 6.04 Å². The minimum absolute atomic E-state index is 0.639. The first kappa shape index (κ1) is 10.4. The SMILES string of the molecule is CC1CCC(NC2CCOC2)CC1C. The summed E-state index contributed by atoms with van der Waals surface area (Å²) in [6.07, 6.45) is 5.33. The van der Waals surface area contributed by atoms with Crippen molar-refractivity contribution in [2.45, 2.75) is 51.6 Å². The average molecular weight is 197 g/mol. The summed E-state index contributed by atoms with van der Waals surface area (Å²) >= 11 is 0. The van der Waals surface area contributed by atoms with Crippen molar-refractivity contribution < 1.29 is 4.74 Å². The third-order valence-corrected chi connectivity index (χ3v) is 4.00. The van der Waals surface area contributed by atoms with E-state index in [1.165, 1.54) is 25.7 Å². The van der Waals surface area contributed by atoms with E-state index in [-0.39, 0.29) is 0 Å². The Kier molecular flexibility index (Phi) is 3.45. The van der Waals surface area contributed by atoms with Crippen molar-refractivity contribution in [1.82, 2.24) is 5.32 Å². The lowest BCUT2D eigenvalue weighted by Gasteiger charge is -2.34. The Morgan fingerprint density at radius 3 is 2.50 bits per heavy atom. The maximum atomic E-state index is 5.38. The van der Waals surface area contributed by atoms with E-state index in [4.69, 9.17) is 4.74 Å². The first-order chi connectivity index (χ1) is 6.75. The van der Waals surface area contributed by atoms with E-state index in [1.54, 1.807) is 0 Å². The monoisotopic (exact) mass is 197 g/mol. The molecular formula is C12H23NO. The van der Waals surface area contributed by atoms with Crippen LogP contribution in [0.5, 0.6) is 0 Å². The molecule has 1 saturated carbocycles. The van der Waals surface area contributed by atoms with Crippen LogP contribution in [-0.4, -0.2) is 25.3 Å². The zero-order valence-corrected chi connectivity index (χ0v) is 9.46. The van der Waals surface area contributed by atoms with Crippen LogP contribution in [0.2, 0.25) is 0 Å². The van der Waals surface area contributed by atoms with Crippen molar-refractivity contribution in [3.05, 3.63) is 0 Å². The second-order valence-corrected chi connectivity index (χ2v) is 5.19. The molecule has 4 unspecified atom stereocenters. The molecule has 2 heteroatoms. The van der Waals surface area contributed by atoms with Crippen molar-refractivity contribution in [2.75, 3.05) is 13.2 Å². The van der Waals surface area contributed by atoms with Crippen LogP contribution in [0.25, 0.3) is 0 Å². The standard InChI is InChI=1S/C12H23NO/c1-9-3-4-11(7-10(9)2)13-12-5-6-14-8-12/h9-13H,3-8H2,1-2H3. The Morgan fingerprint density at radius 2 is 1.86 bits per heavy atom. The fourth-order valence-corrected chi connectivity index (χ4v) is 2.70. The number of ether oxygens (including phenoxy) is 1. The summed E-state index contributed by atoms with van der Waals surface area (Å²) in [4.78, 5) is 0. The van der Waals surface area contributed by atoms with Gasteiger partial charge in [0.1, 0.15) is 0 Å². The maximum Gasteiger partial charge on any atom is 0.0620 e. The van der Waals surface area contributed by atoms with Gasteiger partial charge >= 0.3 is 0 Å². The van der Waals surface area contributed by atoms with Crippen LogP contribution in [0.15, 0.2) is 0 Å². The van der Waals surface area contributed by atoms with Gasteiger partial charge in [0, 0.05) is 18.7 Å². The summed E-state index contributed by atoms with van der Waals surface area (Å²) < 4.78 is 5.38. The molecule has 2 rings (SSSR count). The fourth-order valence-electron chi connectivity index (χ4n) is 2.70. The van der Waals surface area contributed by atoms with Gasteiger partial charge in [-0.2, -0.15) is 0 Å². The normalized spacial score (nSPS) is 44.1. The summed E-state index contributed by atoms with van der Waals surface area (Å²) in [5.41, 5.74) is 0. The van der Waals surface area contributed by atoms with Crippen LogP contribution in [-0.2, 0) is 4.74 Å². The lowest BCUT2D eigenvalue weighted by molar-refractivity contribution is 0.176. The summed E-state index contributed by atoms with van der Waals surface area (Å²) in [7, 11) is 0. The molecule has 1 aliphatic heterocycles. The van der Waals surface area contributed by atoms with Gasteiger partial charge in [-0.3, -0.25) is 0 Å². The molecule has 0 radical (unpaired) electrons. The molecule has 0 amide bonds. The first-order valence-corrected chi connectivity index (χ1v) is 6.09. The number of nitrogens with one attached hydrogen (secondary N) is 1. The molecule has 82 valence electrons. The van der Waals surface area contributed by atoms with E-state index < -0.39 is 0 Å². The van der Waals surface area contributed by atoms with Gasteiger partial charge in [-0.15, -0.1) is 0 Å². The van der Waals surface area contributed by atoms with Crippen LogP contribution in [0, 0.1) is 11.8 Å². The highest BCUT2D eigenvalue weighted by atomic mass is 16.5. The van der Waals surface area contributed by atoms with Gasteiger partial charge in [-0.05, 0) is 37.5 Å². The number of hydrogen-bond acceptors (Lipinski definition) is 2. The van der Waals surface area contributed by atoms with Crippen molar-refractivity contribution >= 4 is 0 Å². The summed E-state index contributed by atoms with van der Waals surface area (Å²) in [5.74, 6) is 1.82. The molecule has 1 heterocycles. The van der Waals surface area contributed by atoms with E-state index in [1.807, 2.05) is 0 Å². The molecule has 0 aromatic carbocycles. The molecule has 1 N–H and O–H groups in total. The molecule has 1 saturated heterocycles. The molecule has 0 bridgehead atoms. The predicted octanol–water partition coefficient (Wildman–Crippen LogP) is 2.19. The molecule has 0 spiro atoms. The van der Waals surface area contributed by atoms with Crippen LogP contribution in [0.1, 0.15) is 39.5 Å². The molecular weight excluding hydrogens is 174 g/mol. The van der Waals surface area contributed by atoms with E-state index in [9.17, 15) is 0 Å². The molecule has 2 aliphatic rings. The van der Waals surface area contributed by atoms with Gasteiger partial charge in [0.2, 0.25) is 0 Å². The van der Waals surface area contributed by atoms with Crippen molar-refractivity contribution in [2.24, 2.45) is 11.8 Å². The fraction of sp³-hybridized carbons (Fsp3) is 1.00. The van der Waals surface area contributed by atoms with Gasteiger partial charge in [-0.25, -0.2) is 0 Å². The van der Waals surface area contributed by atoms with E-state index in [0.717, 1.165) is 31.1 Å². The lowest BCUT2D eigenvalue weighted by atomic mass is 9.79. The number of hydrogen-bond donors (Lipinski definition) is 1. The highest BCUT2D eigenvalue weighted by Gasteiger charge is 2.27. The smallest absolute Gasteiger partial charge is 0.0620 e. The predicted molar refractivity (Wildman–Crippen MR) is 58.3 cm³/mol. The molecule has 2 fully saturated rings. The van der Waals surface area contributed by atoms with Gasteiger partial charge < -0.3 is 10.1 Å². The Balaban J connectivity index is 1.75. The molecule has 0 aromatic heterocycles. The summed E-state index contributed by atoms with van der Waals surface area (Å²) in [6.45, 7) is 6.67. The second-order valence-electron chi connectivity index (χ2n) is 5.19. The highest BCUT2D eigenvalue weighted by molar-refractivity contribution is 4.83. The second kappa shape index (κ2) is 4.63. The van der Waals surface area contributed by atoms with Gasteiger partial charge in [0.05, 0.1) is 6.61 Å². The van der Waals surface area contributed by atoms with Crippen LogP contribution < -0.4 is 5.32 Å². The highest BCUT2D eigenvalue weighted by Crippen LogP contribution is 2.29. The minimum Gasteiger partial charge on any atom is -0.380 e. The Hall–Kier alpha value is -0.0800. The lowest BCUT2D eigenvalue weighted by Crippen LogP contribution is -2.42. The zero-order valence-electron chi connectivity index (χ0n) is 9.46. The topological polar surface area (TPSA) is 21.3 Å². The van der Waals surface area contributed by atoms with E-state index >= 15 is 0 Å². The van der Waals surface area contributed by atoms with E-state index in [2.05, 4.69) is 19.2 Å². The maximum absolute atomic E-state index is 5.38. The van der Waals surface area contributed by atoms with Crippen molar-refractivity contribution in [1.29, 1.82) is 0 Å². The zero-order chi connectivity index (χ0) is 9.97. The van der Waals surface area contributed by atoms with Gasteiger partial charge in [0.15, 0.2) is 0 Å². The number of rotatable bonds is 2. The average Bonchev–Trinajstić information content (AvgIpc) is 2.64. The molecule has 1 aliphatic carbocycles. The largest absolute Gasteiger partial charge is 0.380 e. The third kappa shape index (κ3) is 2.48. The Morgan fingerprint density at radius 1 is 1.00 bits per heavy atom. The molecule has 0 aromatic rings. The van der Waals surface area contributed by atoms with Crippen molar-refractivity contribution in [3.8, 4) is 0 Å². The molecule has 14 heavy (non-hydrogen) atoms. The molecule has 2 nitrogen and oxygen atoms in total. The summed E-state index contributed by atoms with van der Waals surface area (Å²) in [5, 5.41) is 3.74. The van der Waals surface area contributed by atoms with Gasteiger partial charge in [-0.1, -0.05) is 13.8 Å². The Bertz CT molecular complexity index is 177. The van der Waals surface area contributed by atoms with Crippen LogP contribution in [0.3, 0.4) is 0 Å².